The van der Waals surface area contributed by atoms with E-state index in [-0.39, 0.29) is 11.6 Å². The van der Waals surface area contributed by atoms with Gasteiger partial charge in [0.25, 0.3) is 0 Å². The van der Waals surface area contributed by atoms with Crippen LogP contribution in [0.25, 0.3) is 5.57 Å². The zero-order valence-electron chi connectivity index (χ0n) is 10.2. The maximum absolute atomic E-state index is 13.3. The minimum Gasteiger partial charge on any atom is -0.207 e. The van der Waals surface area contributed by atoms with Gasteiger partial charge in [-0.25, -0.2) is 8.78 Å². The lowest BCUT2D eigenvalue weighted by Gasteiger charge is -2.08. The SMILES string of the molecule is CCC=C(c1cccc(F)c1)c1cccc(F)c1. The predicted octanol–water partition coefficient (Wildman–Crippen LogP) is 4.81. The molecule has 0 atom stereocenters. The van der Waals surface area contributed by atoms with E-state index in [4.69, 9.17) is 0 Å². The van der Waals surface area contributed by atoms with Crippen molar-refractivity contribution in [1.29, 1.82) is 0 Å². The first-order valence-corrected chi connectivity index (χ1v) is 5.92. The van der Waals surface area contributed by atoms with Gasteiger partial charge in [0.05, 0.1) is 0 Å². The van der Waals surface area contributed by atoms with Gasteiger partial charge in [0.15, 0.2) is 0 Å². The maximum atomic E-state index is 13.3. The number of halogens is 2. The highest BCUT2D eigenvalue weighted by atomic mass is 19.1. The summed E-state index contributed by atoms with van der Waals surface area (Å²) in [6.07, 6.45) is 2.78. The average molecular weight is 244 g/mol. The smallest absolute Gasteiger partial charge is 0.123 e. The number of rotatable bonds is 3. The second kappa shape index (κ2) is 5.58. The predicted molar refractivity (Wildman–Crippen MR) is 70.2 cm³/mol. The lowest BCUT2D eigenvalue weighted by atomic mass is 9.97. The largest absolute Gasteiger partial charge is 0.207 e. The van der Waals surface area contributed by atoms with Gasteiger partial charge >= 0.3 is 0 Å². The minimum absolute atomic E-state index is 0.286. The summed E-state index contributed by atoms with van der Waals surface area (Å²) < 4.78 is 26.5. The van der Waals surface area contributed by atoms with Crippen molar-refractivity contribution in [1.82, 2.24) is 0 Å². The molecule has 0 fully saturated rings. The fourth-order valence-corrected chi connectivity index (χ4v) is 1.92. The fourth-order valence-electron chi connectivity index (χ4n) is 1.92. The zero-order chi connectivity index (χ0) is 13.0. The van der Waals surface area contributed by atoms with Gasteiger partial charge in [-0.1, -0.05) is 37.3 Å². The average Bonchev–Trinajstić information content (AvgIpc) is 2.36. The summed E-state index contributed by atoms with van der Waals surface area (Å²) in [6.45, 7) is 2.00. The van der Waals surface area contributed by atoms with Crippen LogP contribution in [0.1, 0.15) is 24.5 Å². The molecule has 0 saturated heterocycles. The van der Waals surface area contributed by atoms with Gasteiger partial charge in [0.1, 0.15) is 11.6 Å². The summed E-state index contributed by atoms with van der Waals surface area (Å²) in [6, 6.07) is 12.7. The monoisotopic (exact) mass is 244 g/mol. The van der Waals surface area contributed by atoms with Crippen LogP contribution in [0.5, 0.6) is 0 Å². The van der Waals surface area contributed by atoms with Crippen LogP contribution in [-0.4, -0.2) is 0 Å². The van der Waals surface area contributed by atoms with E-state index < -0.39 is 0 Å². The molecule has 2 aromatic rings. The zero-order valence-corrected chi connectivity index (χ0v) is 10.2. The van der Waals surface area contributed by atoms with Crippen molar-refractivity contribution < 1.29 is 8.78 Å². The van der Waals surface area contributed by atoms with Crippen LogP contribution in [-0.2, 0) is 0 Å². The Morgan fingerprint density at radius 1 is 0.944 bits per heavy atom. The number of hydrogen-bond donors (Lipinski definition) is 0. The van der Waals surface area contributed by atoms with E-state index in [0.29, 0.717) is 0 Å². The van der Waals surface area contributed by atoms with Crippen LogP contribution in [0.2, 0.25) is 0 Å². The molecular weight excluding hydrogens is 230 g/mol. The maximum Gasteiger partial charge on any atom is 0.123 e. The highest BCUT2D eigenvalue weighted by Gasteiger charge is 2.06. The molecule has 2 rings (SSSR count). The molecule has 2 heteroatoms. The van der Waals surface area contributed by atoms with E-state index in [1.165, 1.54) is 24.3 Å². The molecule has 0 saturated carbocycles. The minimum atomic E-state index is -0.286. The van der Waals surface area contributed by atoms with Gasteiger partial charge in [-0.05, 0) is 47.4 Å². The van der Waals surface area contributed by atoms with E-state index in [1.807, 2.05) is 25.1 Å². The molecule has 0 spiro atoms. The molecule has 2 aromatic carbocycles. The first-order valence-electron chi connectivity index (χ1n) is 5.92. The molecule has 0 amide bonds. The molecular formula is C16H14F2. The molecule has 92 valence electrons. The standard InChI is InChI=1S/C16H14F2/c1-2-5-16(12-6-3-8-14(17)10-12)13-7-4-9-15(18)11-13/h3-11H,2H2,1H3. The number of allylic oxidation sites excluding steroid dienone is 1. The second-order valence-electron chi connectivity index (χ2n) is 4.05. The molecule has 0 aromatic heterocycles. The van der Waals surface area contributed by atoms with E-state index in [1.54, 1.807) is 12.1 Å². The van der Waals surface area contributed by atoms with Crippen LogP contribution in [0.3, 0.4) is 0 Å². The summed E-state index contributed by atoms with van der Waals surface area (Å²) in [4.78, 5) is 0. The summed E-state index contributed by atoms with van der Waals surface area (Å²) in [7, 11) is 0. The van der Waals surface area contributed by atoms with E-state index >= 15 is 0 Å². The Balaban J connectivity index is 2.50. The molecule has 0 N–H and O–H groups in total. The van der Waals surface area contributed by atoms with Crippen LogP contribution in [0.15, 0.2) is 54.6 Å². The third-order valence-electron chi connectivity index (χ3n) is 2.68. The Hall–Kier alpha value is -1.96. The van der Waals surface area contributed by atoms with Gasteiger partial charge in [0, 0.05) is 0 Å². The Morgan fingerprint density at radius 3 is 1.83 bits per heavy atom. The Labute approximate surface area is 106 Å². The summed E-state index contributed by atoms with van der Waals surface area (Å²) in [5.74, 6) is -0.572. The normalized spacial score (nSPS) is 10.2. The highest BCUT2D eigenvalue weighted by Crippen LogP contribution is 2.25. The van der Waals surface area contributed by atoms with Crippen LogP contribution in [0.4, 0.5) is 8.78 Å². The van der Waals surface area contributed by atoms with E-state index in [2.05, 4.69) is 0 Å². The van der Waals surface area contributed by atoms with Crippen LogP contribution < -0.4 is 0 Å². The molecule has 0 unspecified atom stereocenters. The molecule has 0 aliphatic rings. The summed E-state index contributed by atoms with van der Waals surface area (Å²) >= 11 is 0. The molecule has 0 radical (unpaired) electrons. The summed E-state index contributed by atoms with van der Waals surface area (Å²) in [5.41, 5.74) is 2.39. The van der Waals surface area contributed by atoms with Crippen molar-refractivity contribution >= 4 is 5.57 Å². The van der Waals surface area contributed by atoms with Crippen LogP contribution >= 0.6 is 0 Å². The van der Waals surface area contributed by atoms with Gasteiger partial charge in [-0.3, -0.25) is 0 Å². The first-order chi connectivity index (χ1) is 8.70. The third-order valence-corrected chi connectivity index (χ3v) is 2.68. The van der Waals surface area contributed by atoms with Crippen molar-refractivity contribution in [3.05, 3.63) is 77.4 Å². The lowest BCUT2D eigenvalue weighted by molar-refractivity contribution is 0.627. The van der Waals surface area contributed by atoms with Crippen molar-refractivity contribution in [2.45, 2.75) is 13.3 Å². The first kappa shape index (κ1) is 12.5. The summed E-state index contributed by atoms with van der Waals surface area (Å²) in [5, 5.41) is 0. The van der Waals surface area contributed by atoms with E-state index in [0.717, 1.165) is 23.1 Å². The van der Waals surface area contributed by atoms with Crippen molar-refractivity contribution in [2.75, 3.05) is 0 Å². The van der Waals surface area contributed by atoms with Crippen LogP contribution in [0, 0.1) is 11.6 Å². The highest BCUT2D eigenvalue weighted by molar-refractivity contribution is 5.79. The Bertz CT molecular complexity index is 523. The van der Waals surface area contributed by atoms with Gasteiger partial charge in [0.2, 0.25) is 0 Å². The quantitative estimate of drug-likeness (QED) is 0.727. The number of hydrogen-bond acceptors (Lipinski definition) is 0. The van der Waals surface area contributed by atoms with Gasteiger partial charge < -0.3 is 0 Å². The molecule has 0 aliphatic heterocycles. The van der Waals surface area contributed by atoms with Gasteiger partial charge in [-0.15, -0.1) is 0 Å². The molecule has 0 nitrogen and oxygen atoms in total. The van der Waals surface area contributed by atoms with Gasteiger partial charge in [-0.2, -0.15) is 0 Å². The molecule has 0 heterocycles. The van der Waals surface area contributed by atoms with Crippen molar-refractivity contribution in [3.63, 3.8) is 0 Å². The lowest BCUT2D eigenvalue weighted by Crippen LogP contribution is -1.90. The van der Waals surface area contributed by atoms with E-state index in [9.17, 15) is 8.78 Å². The fraction of sp³-hybridized carbons (Fsp3) is 0.125. The Kier molecular flexibility index (Phi) is 3.88. The topological polar surface area (TPSA) is 0 Å². The molecule has 0 bridgehead atoms. The third kappa shape index (κ3) is 2.83. The van der Waals surface area contributed by atoms with Crippen molar-refractivity contribution in [2.24, 2.45) is 0 Å². The molecule has 18 heavy (non-hydrogen) atoms. The Morgan fingerprint density at radius 2 is 1.44 bits per heavy atom. The number of benzene rings is 2. The second-order valence-corrected chi connectivity index (χ2v) is 4.05. The van der Waals surface area contributed by atoms with Crippen molar-refractivity contribution in [3.8, 4) is 0 Å². The molecule has 0 aliphatic carbocycles.